The summed E-state index contributed by atoms with van der Waals surface area (Å²) in [6.07, 6.45) is 5.36. The highest BCUT2D eigenvalue weighted by molar-refractivity contribution is 7.99. The third-order valence-electron chi connectivity index (χ3n) is 6.63. The summed E-state index contributed by atoms with van der Waals surface area (Å²) in [6, 6.07) is 11.5. The number of carboxylic acids is 1. The molecule has 0 atom stereocenters. The highest BCUT2D eigenvalue weighted by Gasteiger charge is 2.24. The molecule has 2 aliphatic rings. The van der Waals surface area contributed by atoms with Gasteiger partial charge in [-0.2, -0.15) is 11.8 Å². The normalized spacial score (nSPS) is 16.5. The maximum Gasteiger partial charge on any atom is 0.335 e. The van der Waals surface area contributed by atoms with Crippen LogP contribution in [0.1, 0.15) is 17.5 Å². The van der Waals surface area contributed by atoms with Crippen LogP contribution < -0.4 is 4.90 Å². The Morgan fingerprint density at radius 2 is 2.00 bits per heavy atom. The minimum Gasteiger partial charge on any atom is -0.478 e. The molecule has 2 aromatic carbocycles. The molecule has 7 nitrogen and oxygen atoms in total. The van der Waals surface area contributed by atoms with E-state index in [-0.39, 0.29) is 0 Å². The van der Waals surface area contributed by atoms with Gasteiger partial charge in [0.15, 0.2) is 0 Å². The van der Waals surface area contributed by atoms with Crippen LogP contribution in [0, 0.1) is 0 Å². The summed E-state index contributed by atoms with van der Waals surface area (Å²) >= 11 is 8.03. The Balaban J connectivity index is 1.32. The molecule has 1 saturated heterocycles. The number of thioether (sulfide) groups is 1. The fourth-order valence-electron chi connectivity index (χ4n) is 4.77. The number of morpholine rings is 1. The monoisotopic (exact) mass is 524 g/mol. The van der Waals surface area contributed by atoms with Gasteiger partial charge in [0.05, 0.1) is 24.3 Å². The lowest BCUT2D eigenvalue weighted by molar-refractivity contribution is -0.130. The lowest BCUT2D eigenvalue weighted by atomic mass is 10.0. The van der Waals surface area contributed by atoms with E-state index < -0.39 is 5.97 Å². The van der Waals surface area contributed by atoms with Gasteiger partial charge in [-0.05, 0) is 60.5 Å². The van der Waals surface area contributed by atoms with E-state index in [1.807, 2.05) is 36.4 Å². The molecule has 0 unspecified atom stereocenters. The van der Waals surface area contributed by atoms with Gasteiger partial charge in [0.2, 0.25) is 0 Å². The Hall–Kier alpha value is -2.65. The van der Waals surface area contributed by atoms with Crippen LogP contribution in [0.2, 0.25) is 5.02 Å². The van der Waals surface area contributed by atoms with Crippen LogP contribution in [-0.4, -0.2) is 76.8 Å². The van der Waals surface area contributed by atoms with Crippen LogP contribution >= 0.6 is 23.4 Å². The number of fused-ring (bicyclic) bond motifs is 2. The number of hydrogen-bond acceptors (Lipinski definition) is 7. The number of benzene rings is 2. The SMILES string of the molecule is O=C(O)/C(=C/CSCCCN1CCOCC1)c1ccc2ncnc(N3CCc4ccc(Cl)cc43)c2c1. The highest BCUT2D eigenvalue weighted by atomic mass is 35.5. The Bertz CT molecular complexity index is 1280. The zero-order valence-electron chi connectivity index (χ0n) is 20.0. The van der Waals surface area contributed by atoms with Gasteiger partial charge in [-0.3, -0.25) is 4.90 Å². The fraction of sp³-hybridized carbons (Fsp3) is 0.370. The Morgan fingerprint density at radius 1 is 1.14 bits per heavy atom. The van der Waals surface area contributed by atoms with E-state index in [9.17, 15) is 9.90 Å². The van der Waals surface area contributed by atoms with E-state index in [0.29, 0.717) is 21.9 Å². The van der Waals surface area contributed by atoms with Crippen molar-refractivity contribution in [2.75, 3.05) is 55.8 Å². The van der Waals surface area contributed by atoms with Crippen molar-refractivity contribution >= 4 is 57.3 Å². The molecule has 0 spiro atoms. The highest BCUT2D eigenvalue weighted by Crippen LogP contribution is 2.38. The van der Waals surface area contributed by atoms with E-state index in [1.54, 1.807) is 18.1 Å². The molecular formula is C27H29ClN4O3S. The summed E-state index contributed by atoms with van der Waals surface area (Å²) in [7, 11) is 0. The lowest BCUT2D eigenvalue weighted by Gasteiger charge is -2.26. The van der Waals surface area contributed by atoms with Crippen molar-refractivity contribution < 1.29 is 14.6 Å². The molecule has 1 fully saturated rings. The number of hydrogen-bond donors (Lipinski definition) is 1. The first-order chi connectivity index (χ1) is 17.6. The molecule has 3 aromatic rings. The van der Waals surface area contributed by atoms with Gasteiger partial charge < -0.3 is 14.7 Å². The maximum absolute atomic E-state index is 12.2. The molecule has 0 aliphatic carbocycles. The molecule has 2 aliphatic heterocycles. The van der Waals surface area contributed by atoms with Gasteiger partial charge in [-0.25, -0.2) is 14.8 Å². The van der Waals surface area contributed by atoms with E-state index in [4.69, 9.17) is 16.3 Å². The third kappa shape index (κ3) is 5.67. The second kappa shape index (κ2) is 11.6. The van der Waals surface area contributed by atoms with Gasteiger partial charge in [0.25, 0.3) is 0 Å². The number of aromatic nitrogens is 2. The van der Waals surface area contributed by atoms with Crippen molar-refractivity contribution in [1.29, 1.82) is 0 Å². The molecular weight excluding hydrogens is 496 g/mol. The van der Waals surface area contributed by atoms with E-state index >= 15 is 0 Å². The van der Waals surface area contributed by atoms with Gasteiger partial charge in [0, 0.05) is 41.5 Å². The number of halogens is 1. The van der Waals surface area contributed by atoms with Crippen molar-refractivity contribution in [1.82, 2.24) is 14.9 Å². The molecule has 9 heteroatoms. The van der Waals surface area contributed by atoms with Gasteiger partial charge in [-0.15, -0.1) is 0 Å². The first kappa shape index (κ1) is 25.0. The Kier molecular flexibility index (Phi) is 8.06. The topological polar surface area (TPSA) is 78.8 Å². The number of rotatable bonds is 9. The average molecular weight is 525 g/mol. The van der Waals surface area contributed by atoms with Crippen LogP contribution in [0.15, 0.2) is 48.8 Å². The zero-order chi connectivity index (χ0) is 24.9. The lowest BCUT2D eigenvalue weighted by Crippen LogP contribution is -2.36. The molecule has 36 heavy (non-hydrogen) atoms. The van der Waals surface area contributed by atoms with Crippen molar-refractivity contribution in [3.8, 4) is 0 Å². The number of aliphatic carboxylic acids is 1. The van der Waals surface area contributed by atoms with E-state index in [0.717, 1.165) is 80.4 Å². The average Bonchev–Trinajstić information content (AvgIpc) is 3.31. The van der Waals surface area contributed by atoms with Gasteiger partial charge in [0.1, 0.15) is 12.1 Å². The zero-order valence-corrected chi connectivity index (χ0v) is 21.6. The first-order valence-corrected chi connectivity index (χ1v) is 13.8. The maximum atomic E-state index is 12.2. The molecule has 1 N–H and O–H groups in total. The molecule has 0 saturated carbocycles. The Morgan fingerprint density at radius 3 is 2.83 bits per heavy atom. The van der Waals surface area contributed by atoms with Crippen molar-refractivity contribution in [2.24, 2.45) is 0 Å². The fourth-order valence-corrected chi connectivity index (χ4v) is 5.72. The predicted molar refractivity (Wildman–Crippen MR) is 147 cm³/mol. The van der Waals surface area contributed by atoms with Crippen LogP contribution in [0.4, 0.5) is 11.5 Å². The van der Waals surface area contributed by atoms with Crippen molar-refractivity contribution in [3.05, 3.63) is 65.0 Å². The predicted octanol–water partition coefficient (Wildman–Crippen LogP) is 4.90. The minimum atomic E-state index is -0.931. The second-order valence-electron chi connectivity index (χ2n) is 8.91. The molecule has 3 heterocycles. The summed E-state index contributed by atoms with van der Waals surface area (Å²) in [5.74, 6) is 1.48. The molecule has 0 amide bonds. The second-order valence-corrected chi connectivity index (χ2v) is 10.5. The van der Waals surface area contributed by atoms with Crippen molar-refractivity contribution in [3.63, 3.8) is 0 Å². The standard InChI is InChI=1S/C27H29ClN4O3S/c28-21-4-2-19-6-9-32(25(19)17-21)26-23-16-20(3-5-24(23)29-18-30-26)22(27(33)34)7-15-36-14-1-8-31-10-12-35-13-11-31/h2-5,7,16-18H,1,6,8-15H2,(H,33,34)/b22-7+. The van der Waals surface area contributed by atoms with Crippen LogP contribution in [0.5, 0.6) is 0 Å². The number of carbonyl (C=O) groups is 1. The molecule has 188 valence electrons. The third-order valence-corrected chi connectivity index (χ3v) is 7.84. The van der Waals surface area contributed by atoms with Crippen LogP contribution in [-0.2, 0) is 16.0 Å². The number of carboxylic acid groups (broad SMARTS) is 1. The summed E-state index contributed by atoms with van der Waals surface area (Å²) < 4.78 is 5.39. The molecule has 0 radical (unpaired) electrons. The summed E-state index contributed by atoms with van der Waals surface area (Å²) in [5.41, 5.74) is 4.00. The van der Waals surface area contributed by atoms with Gasteiger partial charge >= 0.3 is 5.97 Å². The van der Waals surface area contributed by atoms with Gasteiger partial charge in [-0.1, -0.05) is 29.8 Å². The van der Waals surface area contributed by atoms with E-state index in [1.165, 1.54) is 5.56 Å². The first-order valence-electron chi connectivity index (χ1n) is 12.2. The molecule has 1 aromatic heterocycles. The molecule has 5 rings (SSSR count). The van der Waals surface area contributed by atoms with Crippen LogP contribution in [0.25, 0.3) is 16.5 Å². The minimum absolute atomic E-state index is 0.303. The summed E-state index contributed by atoms with van der Waals surface area (Å²) in [6.45, 7) is 5.47. The summed E-state index contributed by atoms with van der Waals surface area (Å²) in [4.78, 5) is 25.7. The Labute approximate surface area is 220 Å². The van der Waals surface area contributed by atoms with Crippen molar-refractivity contribution in [2.45, 2.75) is 12.8 Å². The number of nitrogens with zero attached hydrogens (tertiary/aromatic N) is 4. The summed E-state index contributed by atoms with van der Waals surface area (Å²) in [5, 5.41) is 11.5. The van der Waals surface area contributed by atoms with Crippen LogP contribution in [0.3, 0.4) is 0 Å². The largest absolute Gasteiger partial charge is 0.478 e. The smallest absolute Gasteiger partial charge is 0.335 e. The quantitative estimate of drug-likeness (QED) is 0.313. The number of anilines is 2. The number of ether oxygens (including phenoxy) is 1. The molecule has 0 bridgehead atoms. The van der Waals surface area contributed by atoms with E-state index in [2.05, 4.69) is 25.8 Å².